The van der Waals surface area contributed by atoms with Crippen LogP contribution in [0.25, 0.3) is 0 Å². The van der Waals surface area contributed by atoms with E-state index in [1.807, 2.05) is 13.8 Å². The van der Waals surface area contributed by atoms with E-state index in [2.05, 4.69) is 26.8 Å². The molecule has 0 bridgehead atoms. The maximum absolute atomic E-state index is 12.5. The van der Waals surface area contributed by atoms with Crippen LogP contribution in [0.3, 0.4) is 0 Å². The summed E-state index contributed by atoms with van der Waals surface area (Å²) in [7, 11) is 0. The molecule has 3 aliphatic carbocycles. The predicted octanol–water partition coefficient (Wildman–Crippen LogP) is 3.34. The molecule has 0 aliphatic heterocycles. The van der Waals surface area contributed by atoms with Crippen molar-refractivity contribution >= 4 is 5.78 Å². The monoisotopic (exact) mass is 320 g/mol. The van der Waals surface area contributed by atoms with E-state index in [0.717, 1.165) is 31.3 Å². The highest BCUT2D eigenvalue weighted by molar-refractivity contribution is 5.84. The molecule has 1 unspecified atom stereocenters. The van der Waals surface area contributed by atoms with Crippen molar-refractivity contribution in [3.8, 4) is 0 Å². The number of hydrogen-bond donors (Lipinski definition) is 2. The van der Waals surface area contributed by atoms with Gasteiger partial charge in [-0.05, 0) is 53.9 Å². The molecule has 0 saturated heterocycles. The number of fused-ring (bicyclic) bond motifs is 3. The normalized spacial score (nSPS) is 45.4. The first-order valence-electron chi connectivity index (χ1n) is 9.20. The predicted molar refractivity (Wildman–Crippen MR) is 90.8 cm³/mol. The first kappa shape index (κ1) is 17.2. The molecule has 2 fully saturated rings. The van der Waals surface area contributed by atoms with Crippen molar-refractivity contribution in [3.63, 3.8) is 0 Å². The van der Waals surface area contributed by atoms with Crippen LogP contribution in [-0.2, 0) is 4.79 Å². The molecule has 2 N–H and O–H groups in total. The average Bonchev–Trinajstić information content (AvgIpc) is 2.81. The fourth-order valence-corrected chi connectivity index (χ4v) is 5.89. The second-order valence-corrected chi connectivity index (χ2v) is 9.27. The van der Waals surface area contributed by atoms with Gasteiger partial charge in [0.1, 0.15) is 5.78 Å². The van der Waals surface area contributed by atoms with E-state index >= 15 is 0 Å². The van der Waals surface area contributed by atoms with Crippen LogP contribution in [0.1, 0.15) is 60.3 Å². The van der Waals surface area contributed by atoms with Crippen molar-refractivity contribution < 1.29 is 15.0 Å². The standard InChI is InChI=1S/C20H32O3/c1-11(2)17(22)13-10-14-12(18(13)23)6-7-15-19(3,4)16(21)8-9-20(14,15)5/h6,11,13-16,18,21,23H,7-10H2,1-5H3/t13-,14?,15-,16-,18-,20+/m1/s1. The zero-order valence-electron chi connectivity index (χ0n) is 15.2. The Morgan fingerprint density at radius 1 is 1.26 bits per heavy atom. The number of allylic oxidation sites excluding steroid dienone is 1. The SMILES string of the molecule is CC(C)C(=O)[C@H]1CC2C(=CC[C@@H]3C(C)(C)[C@H](O)CC[C@@]23C)[C@H]1O. The molecule has 3 aliphatic rings. The zero-order chi connectivity index (χ0) is 17.2. The van der Waals surface area contributed by atoms with Gasteiger partial charge >= 0.3 is 0 Å². The molecule has 0 aromatic heterocycles. The average molecular weight is 320 g/mol. The van der Waals surface area contributed by atoms with Gasteiger partial charge in [0, 0.05) is 11.8 Å². The zero-order valence-corrected chi connectivity index (χ0v) is 15.2. The van der Waals surface area contributed by atoms with Crippen molar-refractivity contribution in [3.05, 3.63) is 11.6 Å². The van der Waals surface area contributed by atoms with E-state index in [1.165, 1.54) is 0 Å². The van der Waals surface area contributed by atoms with Crippen LogP contribution < -0.4 is 0 Å². The Hall–Kier alpha value is -0.670. The van der Waals surface area contributed by atoms with Crippen LogP contribution in [0.4, 0.5) is 0 Å². The second kappa shape index (κ2) is 5.42. The molecule has 23 heavy (non-hydrogen) atoms. The summed E-state index contributed by atoms with van der Waals surface area (Å²) in [4.78, 5) is 12.5. The highest BCUT2D eigenvalue weighted by atomic mass is 16.3. The lowest BCUT2D eigenvalue weighted by Crippen LogP contribution is -2.53. The van der Waals surface area contributed by atoms with Crippen LogP contribution >= 0.6 is 0 Å². The Morgan fingerprint density at radius 2 is 1.91 bits per heavy atom. The molecule has 3 nitrogen and oxygen atoms in total. The maximum Gasteiger partial charge on any atom is 0.141 e. The molecule has 0 aromatic carbocycles. The number of Topliss-reactive ketones (excluding diaryl/α,β-unsaturated/α-hetero) is 1. The van der Waals surface area contributed by atoms with Crippen LogP contribution in [-0.4, -0.2) is 28.2 Å². The van der Waals surface area contributed by atoms with E-state index in [1.54, 1.807) is 0 Å². The summed E-state index contributed by atoms with van der Waals surface area (Å²) < 4.78 is 0. The van der Waals surface area contributed by atoms with Gasteiger partial charge in [-0.2, -0.15) is 0 Å². The van der Waals surface area contributed by atoms with Crippen molar-refractivity contribution in [2.75, 3.05) is 0 Å². The van der Waals surface area contributed by atoms with E-state index in [9.17, 15) is 15.0 Å². The Morgan fingerprint density at radius 3 is 2.52 bits per heavy atom. The molecule has 2 saturated carbocycles. The molecule has 3 heteroatoms. The largest absolute Gasteiger partial charge is 0.393 e. The molecule has 130 valence electrons. The number of hydrogen-bond acceptors (Lipinski definition) is 3. The van der Waals surface area contributed by atoms with Gasteiger partial charge in [-0.1, -0.05) is 40.7 Å². The van der Waals surface area contributed by atoms with Gasteiger partial charge in [0.2, 0.25) is 0 Å². The molecule has 6 atom stereocenters. The Labute approximate surface area is 140 Å². The van der Waals surface area contributed by atoms with Crippen molar-refractivity contribution in [2.45, 2.75) is 72.5 Å². The van der Waals surface area contributed by atoms with Gasteiger partial charge in [0.05, 0.1) is 12.2 Å². The third-order valence-corrected chi connectivity index (χ3v) is 7.44. The van der Waals surface area contributed by atoms with Gasteiger partial charge in [-0.25, -0.2) is 0 Å². The van der Waals surface area contributed by atoms with E-state index in [4.69, 9.17) is 0 Å². The van der Waals surface area contributed by atoms with Crippen LogP contribution in [0, 0.1) is 34.5 Å². The van der Waals surface area contributed by atoms with Crippen LogP contribution in [0.15, 0.2) is 11.6 Å². The highest BCUT2D eigenvalue weighted by Gasteiger charge is 2.59. The summed E-state index contributed by atoms with van der Waals surface area (Å²) in [5.74, 6) is 0.631. The molecule has 0 spiro atoms. The third-order valence-electron chi connectivity index (χ3n) is 7.44. The minimum absolute atomic E-state index is 0.0244. The fourth-order valence-electron chi connectivity index (χ4n) is 5.89. The third kappa shape index (κ3) is 2.34. The van der Waals surface area contributed by atoms with E-state index in [-0.39, 0.29) is 40.5 Å². The van der Waals surface area contributed by atoms with Gasteiger partial charge in [0.25, 0.3) is 0 Å². The second-order valence-electron chi connectivity index (χ2n) is 9.27. The summed E-state index contributed by atoms with van der Waals surface area (Å²) in [6.45, 7) is 10.5. The number of rotatable bonds is 2. The number of ketones is 1. The number of carbonyl (C=O) groups is 1. The van der Waals surface area contributed by atoms with Crippen molar-refractivity contribution in [2.24, 2.45) is 34.5 Å². The molecular formula is C20H32O3. The quantitative estimate of drug-likeness (QED) is 0.767. The summed E-state index contributed by atoms with van der Waals surface area (Å²) in [5, 5.41) is 21.2. The first-order valence-corrected chi connectivity index (χ1v) is 9.20. The molecular weight excluding hydrogens is 288 g/mol. The maximum atomic E-state index is 12.5. The smallest absolute Gasteiger partial charge is 0.141 e. The minimum atomic E-state index is -0.595. The summed E-state index contributed by atoms with van der Waals surface area (Å²) >= 11 is 0. The van der Waals surface area contributed by atoms with Crippen molar-refractivity contribution in [1.82, 2.24) is 0 Å². The molecule has 3 rings (SSSR count). The topological polar surface area (TPSA) is 57.5 Å². The van der Waals surface area contributed by atoms with Gasteiger partial charge in [-0.15, -0.1) is 0 Å². The molecule has 0 aromatic rings. The molecule has 0 radical (unpaired) electrons. The lowest BCUT2D eigenvalue weighted by Gasteiger charge is -2.57. The Kier molecular flexibility index (Phi) is 4.04. The van der Waals surface area contributed by atoms with Crippen LogP contribution in [0.2, 0.25) is 0 Å². The molecule has 0 heterocycles. The lowest BCUT2D eigenvalue weighted by molar-refractivity contribution is -0.129. The van der Waals surface area contributed by atoms with E-state index < -0.39 is 6.10 Å². The Bertz CT molecular complexity index is 533. The van der Waals surface area contributed by atoms with E-state index in [0.29, 0.717) is 5.92 Å². The van der Waals surface area contributed by atoms with Gasteiger partial charge in [0.15, 0.2) is 0 Å². The fraction of sp³-hybridized carbons (Fsp3) is 0.850. The first-order chi connectivity index (χ1) is 10.6. The number of carbonyl (C=O) groups excluding carboxylic acids is 1. The van der Waals surface area contributed by atoms with Crippen LogP contribution in [0.5, 0.6) is 0 Å². The highest BCUT2D eigenvalue weighted by Crippen LogP contribution is 2.63. The minimum Gasteiger partial charge on any atom is -0.393 e. The summed E-state index contributed by atoms with van der Waals surface area (Å²) in [6, 6.07) is 0. The number of aliphatic hydroxyl groups is 2. The summed E-state index contributed by atoms with van der Waals surface area (Å²) in [5.41, 5.74) is 1.08. The van der Waals surface area contributed by atoms with Crippen molar-refractivity contribution in [1.29, 1.82) is 0 Å². The summed E-state index contributed by atoms with van der Waals surface area (Å²) in [6.07, 6.45) is 4.84. The lowest BCUT2D eigenvalue weighted by atomic mass is 9.48. The Balaban J connectivity index is 1.95. The van der Waals surface area contributed by atoms with Gasteiger partial charge in [-0.3, -0.25) is 4.79 Å². The van der Waals surface area contributed by atoms with Gasteiger partial charge < -0.3 is 10.2 Å². The molecule has 0 amide bonds. The number of aliphatic hydroxyl groups excluding tert-OH is 2.